The van der Waals surface area contributed by atoms with Crippen LogP contribution in [-0.4, -0.2) is 53.0 Å². The molecule has 0 spiro atoms. The number of alkyl halides is 3. The average Bonchev–Trinajstić information content (AvgIpc) is 3.19. The van der Waals surface area contributed by atoms with Crippen LogP contribution in [0.1, 0.15) is 26.1 Å². The van der Waals surface area contributed by atoms with Gasteiger partial charge in [0.15, 0.2) is 11.9 Å². The normalized spacial score (nSPS) is 13.8. The minimum Gasteiger partial charge on any atom is -0.496 e. The number of carbonyl (C=O) groups is 1. The van der Waals surface area contributed by atoms with Gasteiger partial charge in [0.05, 0.1) is 35.5 Å². The molecule has 0 saturated heterocycles. The Hall–Kier alpha value is -4.46. The predicted octanol–water partition coefficient (Wildman–Crippen LogP) is 4.61. The van der Waals surface area contributed by atoms with E-state index in [1.165, 1.54) is 36.1 Å². The van der Waals surface area contributed by atoms with Gasteiger partial charge in [0.2, 0.25) is 0 Å². The minimum absolute atomic E-state index is 0.0155. The number of amides is 1. The van der Waals surface area contributed by atoms with Gasteiger partial charge in [-0.2, -0.15) is 18.3 Å². The first-order valence-corrected chi connectivity index (χ1v) is 10.8. The number of ether oxygens (including phenoxy) is 2. The highest BCUT2D eigenvalue weighted by atomic mass is 19.4. The summed E-state index contributed by atoms with van der Waals surface area (Å²) >= 11 is 0. The summed E-state index contributed by atoms with van der Waals surface area (Å²) in [4.78, 5) is 20.8. The summed E-state index contributed by atoms with van der Waals surface area (Å²) in [6, 6.07) is 6.44. The van der Waals surface area contributed by atoms with Crippen LogP contribution in [0.3, 0.4) is 0 Å². The molecule has 200 valence electrons. The number of nitrogens with one attached hydrogen (secondary N) is 3. The zero-order chi connectivity index (χ0) is 30.1. The molecule has 1 aromatic carbocycles. The van der Waals surface area contributed by atoms with E-state index < -0.39 is 31.0 Å². The largest absolute Gasteiger partial charge is 0.496 e. The molecule has 0 aliphatic heterocycles. The molecule has 1 atom stereocenters. The lowest BCUT2D eigenvalue weighted by molar-refractivity contribution is -0.216. The number of fused-ring (bicyclic) bond motifs is 1. The molecular weight excluding hydrogens is 510 g/mol. The first kappa shape index (κ1) is 22.7. The molecular formula is C24H23F4N7O3. The van der Waals surface area contributed by atoms with Crippen LogP contribution < -0.4 is 20.7 Å². The van der Waals surface area contributed by atoms with E-state index in [0.717, 1.165) is 25.6 Å². The van der Waals surface area contributed by atoms with Crippen LogP contribution in [0.4, 0.5) is 40.7 Å². The number of pyridine rings is 2. The van der Waals surface area contributed by atoms with Gasteiger partial charge < -0.3 is 25.4 Å². The van der Waals surface area contributed by atoms with E-state index in [9.17, 15) is 22.4 Å². The van der Waals surface area contributed by atoms with Crippen molar-refractivity contribution in [3.63, 3.8) is 0 Å². The van der Waals surface area contributed by atoms with Gasteiger partial charge in [-0.25, -0.2) is 14.4 Å². The highest BCUT2D eigenvalue weighted by molar-refractivity contribution is 6.03. The number of benzene rings is 1. The van der Waals surface area contributed by atoms with Crippen molar-refractivity contribution in [2.45, 2.75) is 12.3 Å². The maximum absolute atomic E-state index is 13.8. The number of hydrogen-bond acceptors (Lipinski definition) is 8. The summed E-state index contributed by atoms with van der Waals surface area (Å²) < 4.78 is 88.2. The topological polar surface area (TPSA) is 115 Å². The summed E-state index contributed by atoms with van der Waals surface area (Å²) in [5, 5.41) is 12.1. The summed E-state index contributed by atoms with van der Waals surface area (Å²) in [5.74, 6) is -1.47. The van der Waals surface area contributed by atoms with Crippen molar-refractivity contribution in [3.05, 3.63) is 59.7 Å². The van der Waals surface area contributed by atoms with Crippen molar-refractivity contribution in [2.24, 2.45) is 7.05 Å². The van der Waals surface area contributed by atoms with Gasteiger partial charge in [-0.15, -0.1) is 0 Å². The standard InChI is InChI=1S/C24H23F4N7O3/c1-29-23(36)14-11-31-18(33-17-8-5-12(25)10-30-17)9-15(14)32-22-19-16(35(2)34-22)7-6-13(20(19)37-3)21(38-4)24(26,27)28/h5-11,21H,1-4H3,(H,29,36)(H2,30,31,32,33,34)/t21-/m0/s1/i1D3. The Morgan fingerprint density at radius 3 is 2.50 bits per heavy atom. The summed E-state index contributed by atoms with van der Waals surface area (Å²) in [6.45, 7) is -2.83. The number of carbonyl (C=O) groups excluding carboxylic acids is 1. The number of rotatable bonds is 8. The van der Waals surface area contributed by atoms with Crippen LogP contribution in [0.5, 0.6) is 5.75 Å². The summed E-state index contributed by atoms with van der Waals surface area (Å²) in [7, 11) is 3.66. The molecule has 0 saturated carbocycles. The smallest absolute Gasteiger partial charge is 0.418 e. The fourth-order valence-electron chi connectivity index (χ4n) is 3.88. The molecule has 38 heavy (non-hydrogen) atoms. The maximum Gasteiger partial charge on any atom is 0.418 e. The Balaban J connectivity index is 1.85. The summed E-state index contributed by atoms with van der Waals surface area (Å²) in [5.41, 5.74) is -0.178. The highest BCUT2D eigenvalue weighted by Gasteiger charge is 2.43. The van der Waals surface area contributed by atoms with E-state index in [0.29, 0.717) is 5.52 Å². The van der Waals surface area contributed by atoms with E-state index in [2.05, 4.69) is 25.7 Å². The summed E-state index contributed by atoms with van der Waals surface area (Å²) in [6.07, 6.45) is -5.02. The second-order valence-electron chi connectivity index (χ2n) is 7.89. The van der Waals surface area contributed by atoms with Gasteiger partial charge in [-0.3, -0.25) is 9.48 Å². The van der Waals surface area contributed by atoms with Crippen LogP contribution >= 0.6 is 0 Å². The first-order valence-electron chi connectivity index (χ1n) is 12.3. The van der Waals surface area contributed by atoms with Crippen LogP contribution in [0.25, 0.3) is 10.9 Å². The molecule has 3 heterocycles. The first-order chi connectivity index (χ1) is 19.2. The molecule has 4 rings (SSSR count). The maximum atomic E-state index is 13.8. The third-order valence-electron chi connectivity index (χ3n) is 5.52. The van der Waals surface area contributed by atoms with Crippen molar-refractivity contribution in [3.8, 4) is 5.75 Å². The Kier molecular flexibility index (Phi) is 6.27. The van der Waals surface area contributed by atoms with Gasteiger partial charge in [0.1, 0.15) is 23.2 Å². The van der Waals surface area contributed by atoms with Gasteiger partial charge in [0, 0.05) is 43.1 Å². The van der Waals surface area contributed by atoms with Crippen LogP contribution in [0, 0.1) is 5.82 Å². The highest BCUT2D eigenvalue weighted by Crippen LogP contribution is 2.44. The Morgan fingerprint density at radius 1 is 1.11 bits per heavy atom. The minimum atomic E-state index is -4.76. The lowest BCUT2D eigenvalue weighted by atomic mass is 10.0. The number of anilines is 4. The van der Waals surface area contributed by atoms with Crippen molar-refractivity contribution in [1.29, 1.82) is 0 Å². The molecule has 0 fully saturated rings. The quantitative estimate of drug-likeness (QED) is 0.280. The third kappa shape index (κ3) is 5.16. The molecule has 0 bridgehead atoms. The zero-order valence-corrected chi connectivity index (χ0v) is 20.1. The van der Waals surface area contributed by atoms with E-state index in [1.807, 2.05) is 5.32 Å². The number of aryl methyl sites for hydroxylation is 1. The van der Waals surface area contributed by atoms with Gasteiger partial charge in [0.25, 0.3) is 5.91 Å². The Bertz CT molecular complexity index is 1580. The molecule has 0 aliphatic carbocycles. The molecule has 0 unspecified atom stereocenters. The lowest BCUT2D eigenvalue weighted by Gasteiger charge is -2.22. The second-order valence-corrected chi connectivity index (χ2v) is 7.89. The Morgan fingerprint density at radius 2 is 1.87 bits per heavy atom. The molecule has 4 aromatic rings. The van der Waals surface area contributed by atoms with Gasteiger partial charge >= 0.3 is 6.18 Å². The number of methoxy groups -OCH3 is 2. The molecule has 0 radical (unpaired) electrons. The molecule has 1 amide bonds. The number of halogens is 4. The fraction of sp³-hybridized carbons (Fsp3) is 0.250. The zero-order valence-electron chi connectivity index (χ0n) is 23.1. The lowest BCUT2D eigenvalue weighted by Crippen LogP contribution is -2.23. The molecule has 3 aromatic heterocycles. The SMILES string of the molecule is [2H]C([2H])([2H])NC(=O)c1cnc(Nc2ccc(F)cn2)cc1Nc1nn(C)c2ccc([C@H](OC)C(F)(F)F)c(OC)c12. The third-order valence-corrected chi connectivity index (χ3v) is 5.52. The van der Waals surface area contributed by atoms with Crippen molar-refractivity contribution < 1.29 is 35.9 Å². The van der Waals surface area contributed by atoms with Crippen molar-refractivity contribution >= 4 is 40.0 Å². The van der Waals surface area contributed by atoms with E-state index in [-0.39, 0.29) is 45.4 Å². The van der Waals surface area contributed by atoms with E-state index >= 15 is 0 Å². The monoisotopic (exact) mass is 536 g/mol. The predicted molar refractivity (Wildman–Crippen MR) is 131 cm³/mol. The Labute approximate surface area is 218 Å². The van der Waals surface area contributed by atoms with Crippen molar-refractivity contribution in [1.82, 2.24) is 25.1 Å². The number of hydrogen-bond donors (Lipinski definition) is 3. The van der Waals surface area contributed by atoms with Crippen molar-refractivity contribution in [2.75, 3.05) is 31.8 Å². The van der Waals surface area contributed by atoms with Gasteiger partial charge in [-0.05, 0) is 18.2 Å². The van der Waals surface area contributed by atoms with Crippen LogP contribution in [0.15, 0.2) is 42.7 Å². The average molecular weight is 537 g/mol. The number of nitrogens with zero attached hydrogens (tertiary/aromatic N) is 4. The molecule has 10 nitrogen and oxygen atoms in total. The van der Waals surface area contributed by atoms with E-state index in [1.54, 1.807) is 7.05 Å². The molecule has 0 aliphatic rings. The molecule has 3 N–H and O–H groups in total. The fourth-order valence-corrected chi connectivity index (χ4v) is 3.88. The van der Waals surface area contributed by atoms with E-state index in [4.69, 9.17) is 13.6 Å². The second kappa shape index (κ2) is 10.5. The van der Waals surface area contributed by atoms with Crippen LogP contribution in [0.2, 0.25) is 0 Å². The van der Waals surface area contributed by atoms with Crippen LogP contribution in [-0.2, 0) is 11.8 Å². The van der Waals surface area contributed by atoms with Gasteiger partial charge in [-0.1, -0.05) is 6.07 Å². The molecule has 14 heteroatoms. The number of aromatic nitrogens is 4.